The molecule has 144 valence electrons. The highest BCUT2D eigenvalue weighted by molar-refractivity contribution is 5.77. The molecule has 0 N–H and O–H groups in total. The maximum Gasteiger partial charge on any atom is 0.366 e. The van der Waals surface area contributed by atoms with E-state index < -0.39 is 41.6 Å². The van der Waals surface area contributed by atoms with Crippen LogP contribution in [0.5, 0.6) is 0 Å². The number of ether oxygens (including phenoxy) is 7. The van der Waals surface area contributed by atoms with Gasteiger partial charge < -0.3 is 33.2 Å². The lowest BCUT2D eigenvalue weighted by Gasteiger charge is -2.27. The van der Waals surface area contributed by atoms with Crippen LogP contribution in [-0.4, -0.2) is 67.6 Å². The first-order chi connectivity index (χ1) is 11.6. The molecule has 5 atom stereocenters. The summed E-state index contributed by atoms with van der Waals surface area (Å²) >= 11 is 0. The molecule has 0 spiro atoms. The van der Waals surface area contributed by atoms with Gasteiger partial charge in [0.25, 0.3) is 5.79 Å². The average Bonchev–Trinajstić information content (AvgIpc) is 3.15. The quantitative estimate of drug-likeness (QED) is 0.695. The first-order valence-corrected chi connectivity index (χ1v) is 8.72. The molecular formula is C17H28O8. The smallest absolute Gasteiger partial charge is 0.366 e. The van der Waals surface area contributed by atoms with E-state index in [1.165, 1.54) is 0 Å². The standard InChI is InChI=1S/C17H28O8/c1-7-19-14(18)17(6)21-9-11(23-17)13-12(24-16(4,5)25-13)10-8-20-15(2,3)22-10/h10-13H,7-9H2,1-6H3. The van der Waals surface area contributed by atoms with Gasteiger partial charge >= 0.3 is 5.97 Å². The monoisotopic (exact) mass is 360 g/mol. The summed E-state index contributed by atoms with van der Waals surface area (Å²) in [6.45, 7) is 11.5. The van der Waals surface area contributed by atoms with Gasteiger partial charge in [-0.25, -0.2) is 4.79 Å². The van der Waals surface area contributed by atoms with E-state index in [0.717, 1.165) is 0 Å². The molecule has 3 heterocycles. The van der Waals surface area contributed by atoms with Crippen molar-refractivity contribution in [2.24, 2.45) is 0 Å². The van der Waals surface area contributed by atoms with Crippen molar-refractivity contribution in [2.75, 3.05) is 19.8 Å². The summed E-state index contributed by atoms with van der Waals surface area (Å²) in [5.41, 5.74) is 0. The van der Waals surface area contributed by atoms with Gasteiger partial charge in [-0.15, -0.1) is 0 Å². The van der Waals surface area contributed by atoms with Gasteiger partial charge in [-0.2, -0.15) is 0 Å². The molecule has 0 aromatic heterocycles. The fourth-order valence-corrected chi connectivity index (χ4v) is 3.40. The fourth-order valence-electron chi connectivity index (χ4n) is 3.40. The second-order valence-electron chi connectivity index (χ2n) is 7.57. The van der Waals surface area contributed by atoms with Gasteiger partial charge in [-0.1, -0.05) is 0 Å². The van der Waals surface area contributed by atoms with Gasteiger partial charge in [-0.3, -0.25) is 0 Å². The first-order valence-electron chi connectivity index (χ1n) is 8.72. The average molecular weight is 360 g/mol. The SMILES string of the molecule is CCOC(=O)C1(C)OCC(C2OC(C)(C)OC2C2COC(C)(C)O2)O1. The van der Waals surface area contributed by atoms with Crippen molar-refractivity contribution in [3.05, 3.63) is 0 Å². The molecule has 3 aliphatic rings. The Morgan fingerprint density at radius 3 is 1.96 bits per heavy atom. The number of hydrogen-bond donors (Lipinski definition) is 0. The lowest BCUT2D eigenvalue weighted by molar-refractivity contribution is -0.211. The molecule has 0 amide bonds. The molecule has 8 nitrogen and oxygen atoms in total. The summed E-state index contributed by atoms with van der Waals surface area (Å²) in [5, 5.41) is 0. The van der Waals surface area contributed by atoms with E-state index in [-0.39, 0.29) is 19.3 Å². The van der Waals surface area contributed by atoms with Gasteiger partial charge in [0, 0.05) is 6.92 Å². The second kappa shape index (κ2) is 6.44. The van der Waals surface area contributed by atoms with Crippen molar-refractivity contribution in [1.82, 2.24) is 0 Å². The minimum Gasteiger partial charge on any atom is -0.462 e. The topological polar surface area (TPSA) is 81.7 Å². The van der Waals surface area contributed by atoms with Crippen LogP contribution >= 0.6 is 0 Å². The predicted molar refractivity (Wildman–Crippen MR) is 84.6 cm³/mol. The predicted octanol–water partition coefficient (Wildman–Crippen LogP) is 1.35. The van der Waals surface area contributed by atoms with Crippen molar-refractivity contribution in [3.8, 4) is 0 Å². The Labute approximate surface area is 148 Å². The highest BCUT2D eigenvalue weighted by Gasteiger charge is 2.57. The third-order valence-corrected chi connectivity index (χ3v) is 4.47. The summed E-state index contributed by atoms with van der Waals surface area (Å²) in [6, 6.07) is 0. The van der Waals surface area contributed by atoms with E-state index in [0.29, 0.717) is 6.61 Å². The molecule has 0 aliphatic carbocycles. The first kappa shape index (κ1) is 19.0. The Hall–Kier alpha value is -0.770. The van der Waals surface area contributed by atoms with Crippen LogP contribution in [0.2, 0.25) is 0 Å². The Morgan fingerprint density at radius 2 is 1.44 bits per heavy atom. The lowest BCUT2D eigenvalue weighted by Crippen LogP contribution is -2.46. The van der Waals surface area contributed by atoms with Crippen LogP contribution in [0.15, 0.2) is 0 Å². The normalized spacial score (nSPS) is 42.6. The molecule has 0 aromatic rings. The largest absolute Gasteiger partial charge is 0.462 e. The van der Waals surface area contributed by atoms with Crippen molar-refractivity contribution in [3.63, 3.8) is 0 Å². The van der Waals surface area contributed by atoms with Crippen LogP contribution in [-0.2, 0) is 38.0 Å². The lowest BCUT2D eigenvalue weighted by atomic mass is 10.0. The molecule has 0 saturated carbocycles. The third kappa shape index (κ3) is 3.84. The summed E-state index contributed by atoms with van der Waals surface area (Å²) in [6.07, 6.45) is -1.61. The van der Waals surface area contributed by atoms with E-state index in [9.17, 15) is 4.79 Å². The molecule has 3 aliphatic heterocycles. The van der Waals surface area contributed by atoms with Crippen molar-refractivity contribution >= 4 is 5.97 Å². The van der Waals surface area contributed by atoms with Gasteiger partial charge in [0.15, 0.2) is 11.6 Å². The molecule has 3 rings (SSSR count). The number of esters is 1. The molecule has 5 unspecified atom stereocenters. The zero-order chi connectivity index (χ0) is 18.5. The van der Waals surface area contributed by atoms with Crippen LogP contribution < -0.4 is 0 Å². The van der Waals surface area contributed by atoms with Crippen LogP contribution in [0.25, 0.3) is 0 Å². The summed E-state index contributed by atoms with van der Waals surface area (Å²) in [4.78, 5) is 12.1. The van der Waals surface area contributed by atoms with E-state index in [4.69, 9.17) is 33.2 Å². The van der Waals surface area contributed by atoms with Crippen LogP contribution in [0, 0.1) is 0 Å². The number of rotatable bonds is 4. The van der Waals surface area contributed by atoms with Crippen LogP contribution in [0.4, 0.5) is 0 Å². The van der Waals surface area contributed by atoms with Crippen molar-refractivity contribution < 1.29 is 38.0 Å². The molecule has 0 bridgehead atoms. The van der Waals surface area contributed by atoms with Gasteiger partial charge in [0.1, 0.15) is 24.4 Å². The second-order valence-corrected chi connectivity index (χ2v) is 7.57. The third-order valence-electron chi connectivity index (χ3n) is 4.47. The summed E-state index contributed by atoms with van der Waals surface area (Å²) < 4.78 is 40.2. The molecule has 3 fully saturated rings. The van der Waals surface area contributed by atoms with E-state index in [2.05, 4.69) is 0 Å². The Bertz CT molecular complexity index is 519. The number of hydrogen-bond acceptors (Lipinski definition) is 8. The minimum atomic E-state index is -1.44. The molecule has 0 aromatic carbocycles. The molecular weight excluding hydrogens is 332 g/mol. The van der Waals surface area contributed by atoms with Crippen LogP contribution in [0.1, 0.15) is 41.5 Å². The molecule has 25 heavy (non-hydrogen) atoms. The van der Waals surface area contributed by atoms with Crippen molar-refractivity contribution in [1.29, 1.82) is 0 Å². The summed E-state index contributed by atoms with van der Waals surface area (Å²) in [7, 11) is 0. The Morgan fingerprint density at radius 1 is 0.880 bits per heavy atom. The van der Waals surface area contributed by atoms with E-state index in [1.54, 1.807) is 13.8 Å². The highest BCUT2D eigenvalue weighted by atomic mass is 16.8. The van der Waals surface area contributed by atoms with E-state index >= 15 is 0 Å². The zero-order valence-electron chi connectivity index (χ0n) is 15.7. The van der Waals surface area contributed by atoms with Gasteiger partial charge in [0.05, 0.1) is 19.8 Å². The Balaban J connectivity index is 1.72. The molecule has 8 heteroatoms. The Kier molecular flexibility index (Phi) is 4.89. The fraction of sp³-hybridized carbons (Fsp3) is 0.941. The number of carbonyl (C=O) groups is 1. The highest BCUT2D eigenvalue weighted by Crippen LogP contribution is 2.40. The minimum absolute atomic E-state index is 0.201. The molecule has 0 radical (unpaired) electrons. The zero-order valence-corrected chi connectivity index (χ0v) is 15.7. The van der Waals surface area contributed by atoms with Crippen molar-refractivity contribution in [2.45, 2.75) is 83.3 Å². The number of carbonyl (C=O) groups excluding carboxylic acids is 1. The van der Waals surface area contributed by atoms with Gasteiger partial charge in [-0.05, 0) is 34.6 Å². The van der Waals surface area contributed by atoms with Crippen LogP contribution in [0.3, 0.4) is 0 Å². The summed E-state index contributed by atoms with van der Waals surface area (Å²) in [5.74, 6) is -3.45. The maximum atomic E-state index is 12.1. The van der Waals surface area contributed by atoms with E-state index in [1.807, 2.05) is 27.7 Å². The van der Waals surface area contributed by atoms with Gasteiger partial charge in [0.2, 0.25) is 0 Å². The molecule has 3 saturated heterocycles. The maximum absolute atomic E-state index is 12.1.